The molecule has 0 aliphatic rings. The topological polar surface area (TPSA) is 61.0 Å². The van der Waals surface area contributed by atoms with Gasteiger partial charge in [-0.3, -0.25) is 10.1 Å². The van der Waals surface area contributed by atoms with Crippen molar-refractivity contribution in [2.24, 2.45) is 0 Å². The number of aromatic nitrogens is 2. The first-order chi connectivity index (χ1) is 7.25. The Hall–Kier alpha value is -2.17. The Morgan fingerprint density at radius 3 is 2.60 bits per heavy atom. The summed E-state index contributed by atoms with van der Waals surface area (Å²) >= 11 is 0. The molecular weight excluding hydrogens is 194 g/mol. The lowest BCUT2D eigenvalue weighted by atomic mass is 10.2. The van der Waals surface area contributed by atoms with Gasteiger partial charge in [0.25, 0.3) is 0 Å². The molecule has 5 nitrogen and oxygen atoms in total. The second-order valence-electron chi connectivity index (χ2n) is 3.11. The smallest absolute Gasteiger partial charge is 0.228 e. The van der Waals surface area contributed by atoms with Gasteiger partial charge in [-0.2, -0.15) is 5.10 Å². The van der Waals surface area contributed by atoms with Gasteiger partial charge >= 0.3 is 0 Å². The van der Waals surface area contributed by atoms with E-state index in [4.69, 9.17) is 0 Å². The van der Waals surface area contributed by atoms with Crippen molar-refractivity contribution in [3.8, 4) is 5.69 Å². The molecule has 0 bridgehead atoms. The largest absolute Gasteiger partial charge is 0.264 e. The van der Waals surface area contributed by atoms with Crippen LogP contribution in [0.5, 0.6) is 0 Å². The summed E-state index contributed by atoms with van der Waals surface area (Å²) in [5.41, 5.74) is 1.59. The third-order valence-corrected chi connectivity index (χ3v) is 2.02. The summed E-state index contributed by atoms with van der Waals surface area (Å²) in [4.78, 5) is 9.93. The molecule has 0 N–H and O–H groups in total. The maximum Gasteiger partial charge on any atom is 0.228 e. The molecule has 15 heavy (non-hydrogen) atoms. The summed E-state index contributed by atoms with van der Waals surface area (Å²) in [5, 5.41) is 14.3. The average Bonchev–Trinajstić information content (AvgIpc) is 2.71. The van der Waals surface area contributed by atoms with E-state index < -0.39 is 0 Å². The summed E-state index contributed by atoms with van der Waals surface area (Å²) in [7, 11) is 0. The van der Waals surface area contributed by atoms with Crippen LogP contribution in [0.2, 0.25) is 0 Å². The van der Waals surface area contributed by atoms with Gasteiger partial charge < -0.3 is 0 Å². The number of hydrogen-bond donors (Lipinski definition) is 0. The van der Waals surface area contributed by atoms with Gasteiger partial charge in [-0.1, -0.05) is 12.1 Å². The molecule has 2 rings (SSSR count). The second-order valence-corrected chi connectivity index (χ2v) is 3.11. The van der Waals surface area contributed by atoms with Gasteiger partial charge in [0.2, 0.25) is 6.54 Å². The first-order valence-electron chi connectivity index (χ1n) is 4.46. The van der Waals surface area contributed by atoms with Gasteiger partial charge in [-0.15, -0.1) is 0 Å². The average molecular weight is 203 g/mol. The van der Waals surface area contributed by atoms with Crippen LogP contribution in [0.4, 0.5) is 0 Å². The third-order valence-electron chi connectivity index (χ3n) is 2.02. The molecular formula is C10H9N3O2. The highest BCUT2D eigenvalue weighted by molar-refractivity contribution is 5.33. The summed E-state index contributed by atoms with van der Waals surface area (Å²) < 4.78 is 1.70. The van der Waals surface area contributed by atoms with Gasteiger partial charge in [0.15, 0.2) is 0 Å². The Morgan fingerprint density at radius 2 is 2.07 bits per heavy atom. The summed E-state index contributed by atoms with van der Waals surface area (Å²) in [6.45, 7) is -0.139. The monoisotopic (exact) mass is 203 g/mol. The van der Waals surface area contributed by atoms with E-state index in [-0.39, 0.29) is 11.5 Å². The zero-order chi connectivity index (χ0) is 10.7. The molecule has 1 aromatic carbocycles. The van der Waals surface area contributed by atoms with E-state index in [2.05, 4.69) is 5.10 Å². The van der Waals surface area contributed by atoms with Gasteiger partial charge in [-0.05, 0) is 18.2 Å². The van der Waals surface area contributed by atoms with E-state index >= 15 is 0 Å². The molecule has 0 fully saturated rings. The molecule has 0 unspecified atom stereocenters. The van der Waals surface area contributed by atoms with Crippen molar-refractivity contribution in [3.63, 3.8) is 0 Å². The SMILES string of the molecule is O=[N+]([O-])Cc1ccc(-n2cccn2)cc1. The van der Waals surface area contributed by atoms with Crippen molar-refractivity contribution in [1.82, 2.24) is 9.78 Å². The van der Waals surface area contributed by atoms with Crippen molar-refractivity contribution >= 4 is 0 Å². The summed E-state index contributed by atoms with van der Waals surface area (Å²) in [5.74, 6) is 0. The molecule has 0 aliphatic carbocycles. The minimum absolute atomic E-state index is 0.139. The zero-order valence-electron chi connectivity index (χ0n) is 7.91. The van der Waals surface area contributed by atoms with Crippen molar-refractivity contribution in [1.29, 1.82) is 0 Å². The predicted molar refractivity (Wildman–Crippen MR) is 54.3 cm³/mol. The highest BCUT2D eigenvalue weighted by Crippen LogP contribution is 2.08. The Bertz CT molecular complexity index is 448. The molecule has 1 aromatic heterocycles. The van der Waals surface area contributed by atoms with Crippen molar-refractivity contribution in [3.05, 3.63) is 58.4 Å². The Morgan fingerprint density at radius 1 is 1.33 bits per heavy atom. The first kappa shape index (κ1) is 9.39. The Kier molecular flexibility index (Phi) is 2.45. The van der Waals surface area contributed by atoms with Gasteiger partial charge in [0.1, 0.15) is 0 Å². The minimum Gasteiger partial charge on any atom is -0.264 e. The molecule has 5 heteroatoms. The van der Waals surface area contributed by atoms with Gasteiger partial charge in [-0.25, -0.2) is 4.68 Å². The molecule has 0 radical (unpaired) electrons. The Labute approximate surface area is 86.1 Å². The lowest BCUT2D eigenvalue weighted by molar-refractivity contribution is -0.496. The van der Waals surface area contributed by atoms with Gasteiger partial charge in [0, 0.05) is 22.9 Å². The number of benzene rings is 1. The standard InChI is InChI=1S/C10H9N3O2/c14-13(15)8-9-2-4-10(5-3-9)12-7-1-6-11-12/h1-7H,8H2. The number of rotatable bonds is 3. The maximum absolute atomic E-state index is 10.3. The highest BCUT2D eigenvalue weighted by atomic mass is 16.6. The fourth-order valence-corrected chi connectivity index (χ4v) is 1.32. The van der Waals surface area contributed by atoms with Crippen LogP contribution >= 0.6 is 0 Å². The summed E-state index contributed by atoms with van der Waals surface area (Å²) in [6.07, 6.45) is 3.51. The van der Waals surface area contributed by atoms with Crippen LogP contribution in [0.3, 0.4) is 0 Å². The van der Waals surface area contributed by atoms with Crippen LogP contribution < -0.4 is 0 Å². The lowest BCUT2D eigenvalue weighted by Gasteiger charge is -2.01. The lowest BCUT2D eigenvalue weighted by Crippen LogP contribution is -1.99. The van der Waals surface area contributed by atoms with E-state index in [1.165, 1.54) is 0 Å². The van der Waals surface area contributed by atoms with Crippen LogP contribution in [-0.2, 0) is 6.54 Å². The number of hydrogen-bond acceptors (Lipinski definition) is 3. The van der Waals surface area contributed by atoms with Crippen molar-refractivity contribution in [2.45, 2.75) is 6.54 Å². The molecule has 0 saturated heterocycles. The maximum atomic E-state index is 10.3. The van der Waals surface area contributed by atoms with E-state index in [0.717, 1.165) is 5.69 Å². The predicted octanol–water partition coefficient (Wildman–Crippen LogP) is 1.65. The van der Waals surface area contributed by atoms with Gasteiger partial charge in [0.05, 0.1) is 5.69 Å². The zero-order valence-corrected chi connectivity index (χ0v) is 7.91. The molecule has 0 amide bonds. The van der Waals surface area contributed by atoms with E-state index in [1.807, 2.05) is 24.4 Å². The molecule has 0 spiro atoms. The fraction of sp³-hybridized carbons (Fsp3) is 0.100. The molecule has 1 heterocycles. The van der Waals surface area contributed by atoms with E-state index in [9.17, 15) is 10.1 Å². The third kappa shape index (κ3) is 2.19. The molecule has 0 atom stereocenters. The quantitative estimate of drug-likeness (QED) is 0.562. The number of nitrogens with zero attached hydrogens (tertiary/aromatic N) is 3. The minimum atomic E-state index is -0.344. The van der Waals surface area contributed by atoms with Crippen LogP contribution in [0.15, 0.2) is 42.7 Å². The molecule has 0 aliphatic heterocycles. The van der Waals surface area contributed by atoms with E-state index in [1.54, 1.807) is 23.0 Å². The van der Waals surface area contributed by atoms with Crippen molar-refractivity contribution in [2.75, 3.05) is 0 Å². The number of nitro groups is 1. The molecule has 76 valence electrons. The fourth-order valence-electron chi connectivity index (χ4n) is 1.32. The first-order valence-corrected chi connectivity index (χ1v) is 4.46. The van der Waals surface area contributed by atoms with Crippen molar-refractivity contribution < 1.29 is 4.92 Å². The molecule has 0 saturated carbocycles. The Balaban J connectivity index is 2.21. The van der Waals surface area contributed by atoms with Crippen LogP contribution in [0.1, 0.15) is 5.56 Å². The van der Waals surface area contributed by atoms with Crippen LogP contribution in [-0.4, -0.2) is 14.7 Å². The normalized spacial score (nSPS) is 10.1. The van der Waals surface area contributed by atoms with Crippen LogP contribution in [0.25, 0.3) is 5.69 Å². The summed E-state index contributed by atoms with van der Waals surface area (Å²) in [6, 6.07) is 8.92. The van der Waals surface area contributed by atoms with Crippen LogP contribution in [0, 0.1) is 10.1 Å². The van der Waals surface area contributed by atoms with E-state index in [0.29, 0.717) is 5.56 Å². The second kappa shape index (κ2) is 3.91. The highest BCUT2D eigenvalue weighted by Gasteiger charge is 2.01. The molecule has 2 aromatic rings.